The lowest BCUT2D eigenvalue weighted by molar-refractivity contribution is -0.122. The summed E-state index contributed by atoms with van der Waals surface area (Å²) >= 11 is 0. The van der Waals surface area contributed by atoms with Crippen molar-refractivity contribution in [1.29, 1.82) is 0 Å². The molecule has 0 saturated carbocycles. The quantitative estimate of drug-likeness (QED) is 0.734. The monoisotopic (exact) mass is 370 g/mol. The zero-order chi connectivity index (χ0) is 20.0. The molecule has 0 unspecified atom stereocenters. The fraction of sp³-hybridized carbons (Fsp3) is 0.286. The molecule has 5 nitrogen and oxygen atoms in total. The van der Waals surface area contributed by atoms with Crippen molar-refractivity contribution in [2.75, 3.05) is 7.05 Å². The minimum absolute atomic E-state index is 0.168. The maximum Gasteiger partial charge on any atom is 0.251 e. The second kappa shape index (κ2) is 9.07. The van der Waals surface area contributed by atoms with Crippen LogP contribution in [0.5, 0.6) is 0 Å². The molecular weight excluding hydrogens is 347 g/mol. The van der Waals surface area contributed by atoms with Crippen LogP contribution in [-0.2, 0) is 4.79 Å². The fourth-order valence-corrected chi connectivity index (χ4v) is 2.77. The van der Waals surface area contributed by atoms with Gasteiger partial charge in [-0.1, -0.05) is 25.5 Å². The molecule has 0 fully saturated rings. The van der Waals surface area contributed by atoms with Crippen molar-refractivity contribution in [2.24, 2.45) is 0 Å². The Hall–Kier alpha value is -3.02. The van der Waals surface area contributed by atoms with Gasteiger partial charge in [-0.25, -0.2) is 4.39 Å². The molecule has 27 heavy (non-hydrogen) atoms. The molecule has 0 aliphatic heterocycles. The summed E-state index contributed by atoms with van der Waals surface area (Å²) in [6, 6.07) is 9.95. The van der Waals surface area contributed by atoms with Crippen molar-refractivity contribution in [3.8, 4) is 11.1 Å². The van der Waals surface area contributed by atoms with E-state index in [1.807, 2.05) is 6.92 Å². The molecule has 2 amide bonds. The summed E-state index contributed by atoms with van der Waals surface area (Å²) in [5, 5.41) is 5.24. The maximum absolute atomic E-state index is 14.2. The number of carbonyl (C=O) groups excluding carboxylic acids is 3. The maximum atomic E-state index is 14.2. The molecule has 0 heterocycles. The number of halogens is 1. The van der Waals surface area contributed by atoms with Gasteiger partial charge < -0.3 is 10.6 Å². The van der Waals surface area contributed by atoms with E-state index in [0.717, 1.165) is 6.42 Å². The molecule has 0 saturated heterocycles. The van der Waals surface area contributed by atoms with Gasteiger partial charge in [-0.2, -0.15) is 0 Å². The van der Waals surface area contributed by atoms with E-state index in [4.69, 9.17) is 0 Å². The first-order valence-corrected chi connectivity index (χ1v) is 8.80. The summed E-state index contributed by atoms with van der Waals surface area (Å²) in [6.45, 7) is 3.33. The lowest BCUT2D eigenvalue weighted by atomic mass is 9.99. The second-order valence-corrected chi connectivity index (χ2v) is 6.26. The molecular formula is C21H23FN2O3. The normalized spacial score (nSPS) is 11.6. The lowest BCUT2D eigenvalue weighted by Gasteiger charge is -2.17. The molecule has 2 aromatic carbocycles. The molecule has 6 heteroatoms. The van der Waals surface area contributed by atoms with Crippen molar-refractivity contribution in [2.45, 2.75) is 32.7 Å². The van der Waals surface area contributed by atoms with E-state index in [1.54, 1.807) is 24.3 Å². The van der Waals surface area contributed by atoms with Crippen LogP contribution in [0.3, 0.4) is 0 Å². The van der Waals surface area contributed by atoms with Crippen molar-refractivity contribution in [3.05, 3.63) is 59.4 Å². The number of carbonyl (C=O) groups is 3. The van der Waals surface area contributed by atoms with E-state index < -0.39 is 17.8 Å². The molecule has 2 N–H and O–H groups in total. The summed E-state index contributed by atoms with van der Waals surface area (Å²) < 4.78 is 14.2. The van der Waals surface area contributed by atoms with E-state index in [2.05, 4.69) is 10.6 Å². The number of Topliss-reactive ketones (excluding diaryl/α,β-unsaturated/α-hetero) is 1. The predicted molar refractivity (Wildman–Crippen MR) is 102 cm³/mol. The minimum Gasteiger partial charge on any atom is -0.357 e. The molecule has 0 spiro atoms. The minimum atomic E-state index is -0.631. The second-order valence-electron chi connectivity index (χ2n) is 6.26. The van der Waals surface area contributed by atoms with Crippen molar-refractivity contribution in [1.82, 2.24) is 10.6 Å². The summed E-state index contributed by atoms with van der Waals surface area (Å²) in [5.41, 5.74) is 1.43. The topological polar surface area (TPSA) is 75.3 Å². The highest BCUT2D eigenvalue weighted by Gasteiger charge is 2.20. The van der Waals surface area contributed by atoms with Gasteiger partial charge in [-0.15, -0.1) is 0 Å². The van der Waals surface area contributed by atoms with Gasteiger partial charge in [0.05, 0.1) is 0 Å². The van der Waals surface area contributed by atoms with Crippen LogP contribution in [0.4, 0.5) is 4.39 Å². The summed E-state index contributed by atoms with van der Waals surface area (Å²) in [5.74, 6) is -1.33. The first-order chi connectivity index (χ1) is 12.9. The summed E-state index contributed by atoms with van der Waals surface area (Å²) in [7, 11) is 1.52. The van der Waals surface area contributed by atoms with Gasteiger partial charge in [0, 0.05) is 23.7 Å². The van der Waals surface area contributed by atoms with E-state index >= 15 is 0 Å². The largest absolute Gasteiger partial charge is 0.357 e. The van der Waals surface area contributed by atoms with Gasteiger partial charge >= 0.3 is 0 Å². The van der Waals surface area contributed by atoms with Crippen LogP contribution >= 0.6 is 0 Å². The standard InChI is InChI=1S/C21H23FN2O3/c1-4-6-19(21(27)23-3)24-20(26)16-8-5-7-15(11-16)17-12-14(13(2)25)9-10-18(17)22/h5,7-12,19H,4,6H2,1-3H3,(H,23,27)(H,24,26)/t19-/m1/s1. The van der Waals surface area contributed by atoms with Gasteiger partial charge in [0.25, 0.3) is 5.91 Å². The fourth-order valence-electron chi connectivity index (χ4n) is 2.77. The van der Waals surface area contributed by atoms with Gasteiger partial charge in [-0.05, 0) is 49.2 Å². The van der Waals surface area contributed by atoms with Crippen LogP contribution < -0.4 is 10.6 Å². The number of rotatable bonds is 7. The number of likely N-dealkylation sites (N-methyl/N-ethyl adjacent to an activating group) is 1. The molecule has 0 radical (unpaired) electrons. The number of hydrogen-bond acceptors (Lipinski definition) is 3. The summed E-state index contributed by atoms with van der Waals surface area (Å²) in [6.07, 6.45) is 1.25. The van der Waals surface area contributed by atoms with Crippen molar-refractivity contribution in [3.63, 3.8) is 0 Å². The van der Waals surface area contributed by atoms with E-state index in [0.29, 0.717) is 23.1 Å². The Morgan fingerprint density at radius 2 is 1.81 bits per heavy atom. The highest BCUT2D eigenvalue weighted by atomic mass is 19.1. The van der Waals surface area contributed by atoms with Gasteiger partial charge in [-0.3, -0.25) is 14.4 Å². The molecule has 0 aliphatic carbocycles. The van der Waals surface area contributed by atoms with E-state index in [1.165, 1.54) is 32.2 Å². The highest BCUT2D eigenvalue weighted by molar-refractivity contribution is 5.99. The number of amides is 2. The summed E-state index contributed by atoms with van der Waals surface area (Å²) in [4.78, 5) is 36.0. The highest BCUT2D eigenvalue weighted by Crippen LogP contribution is 2.25. The Bertz CT molecular complexity index is 864. The number of benzene rings is 2. The van der Waals surface area contributed by atoms with Crippen LogP contribution in [0.15, 0.2) is 42.5 Å². The Morgan fingerprint density at radius 3 is 2.44 bits per heavy atom. The third kappa shape index (κ3) is 5.00. The van der Waals surface area contributed by atoms with Crippen LogP contribution in [-0.4, -0.2) is 30.7 Å². The molecule has 0 aliphatic rings. The molecule has 142 valence electrons. The average molecular weight is 370 g/mol. The smallest absolute Gasteiger partial charge is 0.251 e. The molecule has 0 aromatic heterocycles. The molecule has 0 bridgehead atoms. The Labute approximate surface area is 158 Å². The average Bonchev–Trinajstić information content (AvgIpc) is 2.67. The van der Waals surface area contributed by atoms with Crippen LogP contribution in [0.25, 0.3) is 11.1 Å². The molecule has 2 aromatic rings. The molecule has 1 atom stereocenters. The van der Waals surface area contributed by atoms with Gasteiger partial charge in [0.15, 0.2) is 5.78 Å². The van der Waals surface area contributed by atoms with Crippen LogP contribution in [0.1, 0.15) is 47.4 Å². The number of hydrogen-bond donors (Lipinski definition) is 2. The third-order valence-corrected chi connectivity index (χ3v) is 4.25. The van der Waals surface area contributed by atoms with Crippen LogP contribution in [0, 0.1) is 5.82 Å². The molecule has 2 rings (SSSR count). The van der Waals surface area contributed by atoms with E-state index in [9.17, 15) is 18.8 Å². The number of ketones is 1. The van der Waals surface area contributed by atoms with Crippen molar-refractivity contribution < 1.29 is 18.8 Å². The zero-order valence-electron chi connectivity index (χ0n) is 15.6. The first kappa shape index (κ1) is 20.3. The Balaban J connectivity index is 2.32. The van der Waals surface area contributed by atoms with Crippen LogP contribution in [0.2, 0.25) is 0 Å². The third-order valence-electron chi connectivity index (χ3n) is 4.25. The Morgan fingerprint density at radius 1 is 1.07 bits per heavy atom. The zero-order valence-corrected chi connectivity index (χ0v) is 15.6. The first-order valence-electron chi connectivity index (χ1n) is 8.80. The Kier molecular flexibility index (Phi) is 6.82. The lowest BCUT2D eigenvalue weighted by Crippen LogP contribution is -2.45. The SMILES string of the molecule is CCC[C@@H](NC(=O)c1cccc(-c2cc(C(C)=O)ccc2F)c1)C(=O)NC. The van der Waals surface area contributed by atoms with E-state index in [-0.39, 0.29) is 17.3 Å². The van der Waals surface area contributed by atoms with Gasteiger partial charge in [0.1, 0.15) is 11.9 Å². The van der Waals surface area contributed by atoms with Crippen molar-refractivity contribution >= 4 is 17.6 Å². The predicted octanol–water partition coefficient (Wildman–Crippen LogP) is 3.34. The van der Waals surface area contributed by atoms with Gasteiger partial charge in [0.2, 0.25) is 5.91 Å². The number of nitrogens with one attached hydrogen (secondary N) is 2.